The van der Waals surface area contributed by atoms with E-state index in [0.29, 0.717) is 41.7 Å². The number of hydrogen-bond acceptors (Lipinski definition) is 5. The van der Waals surface area contributed by atoms with Gasteiger partial charge in [0.25, 0.3) is 5.91 Å². The second-order valence-electron chi connectivity index (χ2n) is 11.6. The summed E-state index contributed by atoms with van der Waals surface area (Å²) in [5, 5.41) is 3.26. The molecule has 2 aromatic rings. The fourth-order valence-electron chi connectivity index (χ4n) is 5.14. The van der Waals surface area contributed by atoms with E-state index in [9.17, 15) is 14.4 Å². The summed E-state index contributed by atoms with van der Waals surface area (Å²) in [5.74, 6) is 0.195. The lowest BCUT2D eigenvalue weighted by Crippen LogP contribution is -2.56. The van der Waals surface area contributed by atoms with Crippen LogP contribution < -0.4 is 15.0 Å². The topological polar surface area (TPSA) is 91.4 Å². The molecule has 4 amide bonds. The highest BCUT2D eigenvalue weighted by Crippen LogP contribution is 2.31. The molecular formula is C31H41ClN4O5. The zero-order valence-corrected chi connectivity index (χ0v) is 25.4. The molecule has 0 aliphatic carbocycles. The smallest absolute Gasteiger partial charge is 0.318 e. The van der Waals surface area contributed by atoms with Gasteiger partial charge in [-0.25, -0.2) is 4.79 Å². The molecule has 4 rings (SSSR count). The van der Waals surface area contributed by atoms with Crippen LogP contribution in [0.15, 0.2) is 42.5 Å². The van der Waals surface area contributed by atoms with E-state index < -0.39 is 11.6 Å². The maximum atomic E-state index is 13.8. The van der Waals surface area contributed by atoms with E-state index in [1.165, 1.54) is 0 Å². The Morgan fingerprint density at radius 2 is 1.80 bits per heavy atom. The number of para-hydroxylation sites is 1. The number of nitrogens with zero attached hydrogens (tertiary/aromatic N) is 3. The van der Waals surface area contributed by atoms with Gasteiger partial charge in [-0.3, -0.25) is 9.59 Å². The predicted octanol–water partition coefficient (Wildman–Crippen LogP) is 5.11. The molecule has 41 heavy (non-hydrogen) atoms. The van der Waals surface area contributed by atoms with Crippen LogP contribution >= 0.6 is 11.6 Å². The molecule has 2 atom stereocenters. The number of ether oxygens (including phenoxy) is 2. The Kier molecular flexibility index (Phi) is 9.81. The van der Waals surface area contributed by atoms with E-state index in [-0.39, 0.29) is 43.6 Å². The molecule has 1 saturated heterocycles. The van der Waals surface area contributed by atoms with Crippen molar-refractivity contribution in [1.29, 1.82) is 0 Å². The average Bonchev–Trinajstić information content (AvgIpc) is 3.42. The van der Waals surface area contributed by atoms with Crippen molar-refractivity contribution in [2.75, 3.05) is 37.7 Å². The fraction of sp³-hybridized carbons (Fsp3) is 0.516. The van der Waals surface area contributed by atoms with E-state index in [4.69, 9.17) is 21.1 Å². The molecule has 1 N–H and O–H groups in total. The van der Waals surface area contributed by atoms with E-state index in [0.717, 1.165) is 18.4 Å². The van der Waals surface area contributed by atoms with Crippen LogP contribution in [0.25, 0.3) is 0 Å². The van der Waals surface area contributed by atoms with Crippen LogP contribution in [-0.4, -0.2) is 78.2 Å². The summed E-state index contributed by atoms with van der Waals surface area (Å²) < 4.78 is 11.5. The summed E-state index contributed by atoms with van der Waals surface area (Å²) in [5.41, 5.74) is 1.42. The number of hydrogen-bond donors (Lipinski definition) is 1. The maximum Gasteiger partial charge on any atom is 0.318 e. The molecule has 1 unspecified atom stereocenters. The van der Waals surface area contributed by atoms with E-state index in [1.807, 2.05) is 58.9 Å². The normalized spacial score (nSPS) is 18.0. The lowest BCUT2D eigenvalue weighted by molar-refractivity contribution is -0.135. The lowest BCUT2D eigenvalue weighted by Gasteiger charge is -2.32. The second-order valence-corrected chi connectivity index (χ2v) is 12.0. The molecular weight excluding hydrogens is 544 g/mol. The quantitative estimate of drug-likeness (QED) is 0.489. The SMILES string of the molecule is CCOc1ccc(C(=O)N2C[C@@H](C)N(C(=O)NC(COC(C)(C)C)C(=O)N3CCCC3)Cc3ccccc32)c(Cl)c1. The number of fused-ring (bicyclic) bond motifs is 1. The standard InChI is InChI=1S/C31H41ClN4O5/c1-6-40-23-13-14-24(25(32)17-23)28(37)36-18-21(2)35(19-22-11-7-8-12-27(22)36)30(39)33-26(20-41-31(3,4)5)29(38)34-15-9-10-16-34/h7-8,11-14,17,21,26H,6,9-10,15-16,18-20H2,1-5H3,(H,33,39)/t21-,26?/m1/s1. The van der Waals surface area contributed by atoms with Crippen molar-refractivity contribution < 1.29 is 23.9 Å². The van der Waals surface area contributed by atoms with Gasteiger partial charge in [-0.05, 0) is 77.3 Å². The Balaban J connectivity index is 1.57. The molecule has 0 radical (unpaired) electrons. The fourth-order valence-corrected chi connectivity index (χ4v) is 5.39. The zero-order chi connectivity index (χ0) is 29.7. The predicted molar refractivity (Wildman–Crippen MR) is 160 cm³/mol. The van der Waals surface area contributed by atoms with Crippen molar-refractivity contribution in [2.45, 2.75) is 71.7 Å². The highest BCUT2D eigenvalue weighted by molar-refractivity contribution is 6.34. The molecule has 2 aliphatic rings. The minimum Gasteiger partial charge on any atom is -0.494 e. The summed E-state index contributed by atoms with van der Waals surface area (Å²) in [7, 11) is 0. The Morgan fingerprint density at radius 1 is 1.10 bits per heavy atom. The molecule has 10 heteroatoms. The van der Waals surface area contributed by atoms with Crippen molar-refractivity contribution in [3.8, 4) is 5.75 Å². The molecule has 0 bridgehead atoms. The number of rotatable bonds is 7. The van der Waals surface area contributed by atoms with Crippen LogP contribution in [0.2, 0.25) is 5.02 Å². The minimum absolute atomic E-state index is 0.0736. The molecule has 0 aromatic heterocycles. The molecule has 0 spiro atoms. The molecule has 222 valence electrons. The first-order valence-electron chi connectivity index (χ1n) is 14.3. The van der Waals surface area contributed by atoms with Gasteiger partial charge < -0.3 is 29.5 Å². The summed E-state index contributed by atoms with van der Waals surface area (Å²) in [6.07, 6.45) is 1.91. The van der Waals surface area contributed by atoms with Gasteiger partial charge in [-0.2, -0.15) is 0 Å². The summed E-state index contributed by atoms with van der Waals surface area (Å²) in [6, 6.07) is 11.0. The number of urea groups is 1. The van der Waals surface area contributed by atoms with Crippen LogP contribution in [0.1, 0.15) is 63.4 Å². The number of amides is 4. The molecule has 2 aliphatic heterocycles. The van der Waals surface area contributed by atoms with Crippen LogP contribution in [0, 0.1) is 0 Å². The third-order valence-corrected chi connectivity index (χ3v) is 7.60. The maximum absolute atomic E-state index is 13.8. The van der Waals surface area contributed by atoms with Crippen molar-refractivity contribution in [3.63, 3.8) is 0 Å². The van der Waals surface area contributed by atoms with Gasteiger partial charge in [0.2, 0.25) is 5.91 Å². The first-order valence-corrected chi connectivity index (χ1v) is 14.7. The van der Waals surface area contributed by atoms with Gasteiger partial charge in [0, 0.05) is 37.9 Å². The number of carbonyl (C=O) groups excluding carboxylic acids is 3. The third-order valence-electron chi connectivity index (χ3n) is 7.29. The van der Waals surface area contributed by atoms with Gasteiger partial charge in [-0.1, -0.05) is 29.8 Å². The van der Waals surface area contributed by atoms with Gasteiger partial charge in [-0.15, -0.1) is 0 Å². The van der Waals surface area contributed by atoms with E-state index >= 15 is 0 Å². The number of halogens is 1. The average molecular weight is 585 g/mol. The molecule has 2 aromatic carbocycles. The number of nitrogens with one attached hydrogen (secondary N) is 1. The number of benzene rings is 2. The Hall–Kier alpha value is -3.30. The number of anilines is 1. The van der Waals surface area contributed by atoms with Crippen LogP contribution in [0.4, 0.5) is 10.5 Å². The third kappa shape index (κ3) is 7.51. The van der Waals surface area contributed by atoms with E-state index in [2.05, 4.69) is 5.32 Å². The largest absolute Gasteiger partial charge is 0.494 e. The van der Waals surface area contributed by atoms with Gasteiger partial charge in [0.15, 0.2) is 0 Å². The Morgan fingerprint density at radius 3 is 2.46 bits per heavy atom. The second kappa shape index (κ2) is 13.1. The highest BCUT2D eigenvalue weighted by atomic mass is 35.5. The van der Waals surface area contributed by atoms with Crippen molar-refractivity contribution in [3.05, 3.63) is 58.6 Å². The van der Waals surface area contributed by atoms with Crippen molar-refractivity contribution in [2.24, 2.45) is 0 Å². The highest BCUT2D eigenvalue weighted by Gasteiger charge is 2.35. The van der Waals surface area contributed by atoms with Crippen molar-refractivity contribution >= 4 is 35.1 Å². The first kappa shape index (κ1) is 30.7. The Bertz CT molecular complexity index is 1260. The summed E-state index contributed by atoms with van der Waals surface area (Å²) >= 11 is 6.52. The monoisotopic (exact) mass is 584 g/mol. The lowest BCUT2D eigenvalue weighted by atomic mass is 10.1. The van der Waals surface area contributed by atoms with Gasteiger partial charge in [0.1, 0.15) is 11.8 Å². The van der Waals surface area contributed by atoms with E-state index in [1.54, 1.807) is 32.9 Å². The van der Waals surface area contributed by atoms with Gasteiger partial charge in [0.05, 0.1) is 29.4 Å². The minimum atomic E-state index is -0.814. The first-order chi connectivity index (χ1) is 19.5. The number of likely N-dealkylation sites (tertiary alicyclic amines) is 1. The Labute approximate surface area is 247 Å². The molecule has 0 saturated carbocycles. The van der Waals surface area contributed by atoms with Crippen LogP contribution in [0.5, 0.6) is 5.75 Å². The summed E-state index contributed by atoms with van der Waals surface area (Å²) in [4.78, 5) is 46.1. The number of carbonyl (C=O) groups is 3. The molecule has 1 fully saturated rings. The van der Waals surface area contributed by atoms with Crippen molar-refractivity contribution in [1.82, 2.24) is 15.1 Å². The van der Waals surface area contributed by atoms with Crippen LogP contribution in [-0.2, 0) is 16.1 Å². The van der Waals surface area contributed by atoms with Crippen LogP contribution in [0.3, 0.4) is 0 Å². The molecule has 9 nitrogen and oxygen atoms in total. The summed E-state index contributed by atoms with van der Waals surface area (Å²) in [6.45, 7) is 12.0. The zero-order valence-electron chi connectivity index (χ0n) is 24.6. The molecule has 2 heterocycles. The van der Waals surface area contributed by atoms with Gasteiger partial charge >= 0.3 is 6.03 Å².